The van der Waals surface area contributed by atoms with Crippen LogP contribution in [-0.2, 0) is 4.79 Å². The number of piperidine rings is 1. The second-order valence-electron chi connectivity index (χ2n) is 8.39. The third-order valence-corrected chi connectivity index (χ3v) is 6.87. The summed E-state index contributed by atoms with van der Waals surface area (Å²) in [6.07, 6.45) is 4.30. The molecule has 1 amide bonds. The summed E-state index contributed by atoms with van der Waals surface area (Å²) >= 11 is 1.34. The van der Waals surface area contributed by atoms with E-state index in [0.29, 0.717) is 35.6 Å². The lowest BCUT2D eigenvalue weighted by Crippen LogP contribution is -2.31. The largest absolute Gasteiger partial charge is 0.495 e. The first kappa shape index (κ1) is 23.3. The molecule has 9 nitrogen and oxygen atoms in total. The summed E-state index contributed by atoms with van der Waals surface area (Å²) in [7, 11) is 1.65. The van der Waals surface area contributed by atoms with Crippen molar-refractivity contribution in [3.05, 3.63) is 42.5 Å². The Hall–Kier alpha value is -3.40. The molecular weight excluding hydrogens is 466 g/mol. The van der Waals surface area contributed by atoms with E-state index in [-0.39, 0.29) is 11.7 Å². The zero-order valence-electron chi connectivity index (χ0n) is 19.7. The highest BCUT2D eigenvalue weighted by atomic mass is 32.2. The van der Waals surface area contributed by atoms with Crippen LogP contribution in [0.4, 0.5) is 11.6 Å². The minimum absolute atomic E-state index is 0.140. The predicted octanol–water partition coefficient (Wildman–Crippen LogP) is 4.16. The Labute approximate surface area is 208 Å². The maximum Gasteiger partial charge on any atom is 0.234 e. The van der Waals surface area contributed by atoms with Crippen LogP contribution in [0.2, 0.25) is 0 Å². The molecule has 1 fully saturated rings. The Kier molecular flexibility index (Phi) is 7.27. The number of benzene rings is 2. The van der Waals surface area contributed by atoms with Crippen LogP contribution >= 0.6 is 11.8 Å². The number of nitrogens with one attached hydrogen (secondary N) is 1. The zero-order chi connectivity index (χ0) is 24.0. The quantitative estimate of drug-likeness (QED) is 0.489. The molecule has 0 unspecified atom stereocenters. The second-order valence-corrected chi connectivity index (χ2v) is 9.33. The topological polar surface area (TPSA) is 90.7 Å². The monoisotopic (exact) mass is 495 g/mol. The molecule has 1 aromatic heterocycles. The average molecular weight is 496 g/mol. The summed E-state index contributed by atoms with van der Waals surface area (Å²) in [4.78, 5) is 15.1. The number of hydrogen-bond acceptors (Lipinski definition) is 8. The Morgan fingerprint density at radius 2 is 1.83 bits per heavy atom. The highest BCUT2D eigenvalue weighted by Crippen LogP contribution is 2.34. The summed E-state index contributed by atoms with van der Waals surface area (Å²) in [5.74, 6) is 2.89. The third kappa shape index (κ3) is 5.32. The van der Waals surface area contributed by atoms with E-state index in [9.17, 15) is 4.79 Å². The first-order valence-electron chi connectivity index (χ1n) is 11.9. The normalized spacial score (nSPS) is 15.4. The van der Waals surface area contributed by atoms with Crippen molar-refractivity contribution in [2.45, 2.75) is 30.8 Å². The van der Waals surface area contributed by atoms with Gasteiger partial charge in [0.25, 0.3) is 0 Å². The van der Waals surface area contributed by atoms with Crippen LogP contribution < -0.4 is 24.4 Å². The number of methoxy groups -OCH3 is 1. The van der Waals surface area contributed by atoms with Gasteiger partial charge in [0.05, 0.1) is 31.8 Å². The molecule has 10 heteroatoms. The Morgan fingerprint density at radius 3 is 2.66 bits per heavy atom. The van der Waals surface area contributed by atoms with Gasteiger partial charge in [0.2, 0.25) is 11.9 Å². The lowest BCUT2D eigenvalue weighted by atomic mass is 10.1. The van der Waals surface area contributed by atoms with Gasteiger partial charge >= 0.3 is 0 Å². The van der Waals surface area contributed by atoms with Crippen molar-refractivity contribution in [3.63, 3.8) is 0 Å². The van der Waals surface area contributed by atoms with Gasteiger partial charge in [0.15, 0.2) is 16.7 Å². The molecule has 3 aromatic rings. The van der Waals surface area contributed by atoms with Gasteiger partial charge in [0.1, 0.15) is 5.75 Å². The lowest BCUT2D eigenvalue weighted by Gasteiger charge is -2.28. The fourth-order valence-electron chi connectivity index (χ4n) is 4.25. The van der Waals surface area contributed by atoms with Gasteiger partial charge in [-0.1, -0.05) is 23.9 Å². The number of rotatable bonds is 7. The minimum Gasteiger partial charge on any atom is -0.495 e. The van der Waals surface area contributed by atoms with Crippen LogP contribution in [-0.4, -0.2) is 59.8 Å². The van der Waals surface area contributed by atoms with Crippen molar-refractivity contribution in [2.75, 3.05) is 49.4 Å². The summed E-state index contributed by atoms with van der Waals surface area (Å²) in [5.41, 5.74) is 1.52. The molecule has 2 aliphatic rings. The van der Waals surface area contributed by atoms with Crippen molar-refractivity contribution in [3.8, 4) is 22.9 Å². The number of anilines is 2. The summed E-state index contributed by atoms with van der Waals surface area (Å²) < 4.78 is 19.0. The van der Waals surface area contributed by atoms with Gasteiger partial charge in [-0.25, -0.2) is 0 Å². The van der Waals surface area contributed by atoms with Gasteiger partial charge in [-0.2, -0.15) is 0 Å². The second kappa shape index (κ2) is 10.9. The Balaban J connectivity index is 1.34. The van der Waals surface area contributed by atoms with E-state index in [2.05, 4.69) is 20.4 Å². The summed E-state index contributed by atoms with van der Waals surface area (Å²) in [6, 6.07) is 13.2. The number of fused-ring (bicyclic) bond motifs is 1. The van der Waals surface area contributed by atoms with Crippen LogP contribution in [0.15, 0.2) is 47.6 Å². The molecule has 2 aliphatic heterocycles. The maximum atomic E-state index is 12.8. The number of aromatic nitrogens is 3. The molecule has 35 heavy (non-hydrogen) atoms. The predicted molar refractivity (Wildman–Crippen MR) is 135 cm³/mol. The number of carbonyl (C=O) groups excluding carboxylic acids is 1. The van der Waals surface area contributed by atoms with Gasteiger partial charge < -0.3 is 24.4 Å². The van der Waals surface area contributed by atoms with E-state index in [1.54, 1.807) is 13.2 Å². The fraction of sp³-hybridized carbons (Fsp3) is 0.400. The number of thioether (sulfide) groups is 1. The van der Waals surface area contributed by atoms with E-state index in [1.807, 2.05) is 41.0 Å². The van der Waals surface area contributed by atoms with Crippen molar-refractivity contribution in [2.24, 2.45) is 0 Å². The van der Waals surface area contributed by atoms with Gasteiger partial charge in [-0.05, 0) is 43.5 Å². The number of ether oxygens (including phenoxy) is 3. The van der Waals surface area contributed by atoms with Crippen LogP contribution in [0, 0.1) is 0 Å². The molecule has 3 heterocycles. The number of carbonyl (C=O) groups is 1. The van der Waals surface area contributed by atoms with Crippen LogP contribution in [0.3, 0.4) is 0 Å². The Bertz CT molecular complexity index is 1180. The fourth-order valence-corrected chi connectivity index (χ4v) is 4.99. The maximum absolute atomic E-state index is 12.8. The van der Waals surface area contributed by atoms with Crippen molar-refractivity contribution < 1.29 is 19.0 Å². The molecule has 1 N–H and O–H groups in total. The minimum atomic E-state index is -0.140. The number of hydrogen-bond donors (Lipinski definition) is 1. The van der Waals surface area contributed by atoms with E-state index in [1.165, 1.54) is 18.2 Å². The van der Waals surface area contributed by atoms with Crippen LogP contribution in [0.1, 0.15) is 25.7 Å². The SMILES string of the molecule is COc1ccccc1-n1c(SCC(=O)Nc2ccc3c(c2)OCCCO3)nnc1N1CCCCC1. The first-order valence-corrected chi connectivity index (χ1v) is 12.9. The van der Waals surface area contributed by atoms with E-state index >= 15 is 0 Å². The van der Waals surface area contributed by atoms with Crippen molar-refractivity contribution >= 4 is 29.3 Å². The van der Waals surface area contributed by atoms with Crippen molar-refractivity contribution in [1.29, 1.82) is 0 Å². The van der Waals surface area contributed by atoms with Crippen LogP contribution in [0.5, 0.6) is 17.2 Å². The van der Waals surface area contributed by atoms with Gasteiger partial charge in [-0.3, -0.25) is 9.36 Å². The molecule has 5 rings (SSSR count). The molecule has 2 aromatic carbocycles. The summed E-state index contributed by atoms with van der Waals surface area (Å²) in [5, 5.41) is 12.6. The number of para-hydroxylation sites is 2. The molecule has 0 spiro atoms. The first-order chi connectivity index (χ1) is 17.2. The van der Waals surface area contributed by atoms with Gasteiger partial charge in [-0.15, -0.1) is 10.2 Å². The average Bonchev–Trinajstić information content (AvgIpc) is 3.18. The molecule has 184 valence electrons. The number of amides is 1. The highest BCUT2D eigenvalue weighted by Gasteiger charge is 2.24. The zero-order valence-corrected chi connectivity index (χ0v) is 20.6. The molecule has 0 atom stereocenters. The van der Waals surface area contributed by atoms with E-state index < -0.39 is 0 Å². The number of nitrogens with zero attached hydrogens (tertiary/aromatic N) is 4. The lowest BCUT2D eigenvalue weighted by molar-refractivity contribution is -0.113. The molecule has 1 saturated heterocycles. The van der Waals surface area contributed by atoms with E-state index in [0.717, 1.165) is 49.7 Å². The third-order valence-electron chi connectivity index (χ3n) is 5.94. The Morgan fingerprint density at radius 1 is 1.03 bits per heavy atom. The van der Waals surface area contributed by atoms with Crippen LogP contribution in [0.25, 0.3) is 5.69 Å². The van der Waals surface area contributed by atoms with Crippen molar-refractivity contribution in [1.82, 2.24) is 14.8 Å². The van der Waals surface area contributed by atoms with E-state index in [4.69, 9.17) is 14.2 Å². The molecule has 0 saturated carbocycles. The molecule has 0 radical (unpaired) electrons. The molecular formula is C25H29N5O4S. The highest BCUT2D eigenvalue weighted by molar-refractivity contribution is 7.99. The summed E-state index contributed by atoms with van der Waals surface area (Å²) in [6.45, 7) is 3.09. The molecule has 0 bridgehead atoms. The smallest absolute Gasteiger partial charge is 0.234 e. The standard InChI is InChI=1S/C25H29N5O4S/c1-32-20-9-4-3-8-19(20)30-24(29-12-5-2-6-13-29)27-28-25(30)35-17-23(31)26-18-10-11-21-22(16-18)34-15-7-14-33-21/h3-4,8-11,16H,2,5-7,12-15,17H2,1H3,(H,26,31). The molecule has 0 aliphatic carbocycles. The van der Waals surface area contributed by atoms with Gasteiger partial charge in [0, 0.05) is 31.3 Å².